The van der Waals surface area contributed by atoms with E-state index >= 15 is 0 Å². The zero-order chi connectivity index (χ0) is 17.3. The van der Waals surface area contributed by atoms with E-state index in [2.05, 4.69) is 17.6 Å². The Kier molecular flexibility index (Phi) is 4.49. The fraction of sp³-hybridized carbons (Fsp3) is 0.471. The molecule has 0 bridgehead atoms. The second-order valence-electron chi connectivity index (χ2n) is 6.61. The first-order valence-electron chi connectivity index (χ1n) is 8.10. The Hall–Kier alpha value is -2.08. The number of para-hydroxylation sites is 1. The molecule has 2 N–H and O–H groups in total. The summed E-state index contributed by atoms with van der Waals surface area (Å²) in [7, 11) is 0. The van der Waals surface area contributed by atoms with Gasteiger partial charge in [0.25, 0.3) is 5.91 Å². The molecule has 1 aromatic carbocycles. The lowest BCUT2D eigenvalue weighted by Crippen LogP contribution is -2.49. The summed E-state index contributed by atoms with van der Waals surface area (Å²) in [5, 5.41) is 5.84. The van der Waals surface area contributed by atoms with Gasteiger partial charge in [-0.2, -0.15) is 0 Å². The van der Waals surface area contributed by atoms with Gasteiger partial charge in [-0.1, -0.05) is 30.7 Å². The molecule has 1 aliphatic carbocycles. The van der Waals surface area contributed by atoms with Gasteiger partial charge in [0, 0.05) is 0 Å². The smallest absolute Gasteiger partial charge is 0.323 e. The number of benzene rings is 1. The fourth-order valence-corrected chi connectivity index (χ4v) is 3.49. The third-order valence-electron chi connectivity index (χ3n) is 4.82. The van der Waals surface area contributed by atoms with Gasteiger partial charge in [-0.05, 0) is 43.7 Å². The van der Waals surface area contributed by atoms with Crippen LogP contribution in [0.3, 0.4) is 0 Å². The molecule has 4 amide bonds. The van der Waals surface area contributed by atoms with Crippen molar-refractivity contribution in [3.63, 3.8) is 0 Å². The minimum absolute atomic E-state index is 0.297. The molecule has 6 nitrogen and oxygen atoms in total. The first kappa shape index (κ1) is 16.8. The number of halogens is 1. The Bertz CT molecular complexity index is 683. The average Bonchev–Trinajstić information content (AvgIpc) is 2.77. The molecule has 1 saturated carbocycles. The number of hydrogen-bond acceptors (Lipinski definition) is 3. The van der Waals surface area contributed by atoms with Gasteiger partial charge in [0.2, 0.25) is 5.91 Å². The standard InChI is InChI=1S/C17H20ClN3O3/c1-11-6-8-17(9-7-11)15(23)21(16(24)20-17)10-14(22)19-13-5-3-2-4-12(13)18/h2-5,11H,6-10H2,1H3,(H,19,22)(H,20,24). The minimum atomic E-state index is -0.825. The molecule has 1 aliphatic heterocycles. The summed E-state index contributed by atoms with van der Waals surface area (Å²) in [6.07, 6.45) is 3.04. The Morgan fingerprint density at radius 1 is 1.33 bits per heavy atom. The molecule has 24 heavy (non-hydrogen) atoms. The maximum Gasteiger partial charge on any atom is 0.325 e. The first-order chi connectivity index (χ1) is 11.4. The topological polar surface area (TPSA) is 78.5 Å². The number of rotatable bonds is 3. The summed E-state index contributed by atoms with van der Waals surface area (Å²) in [4.78, 5) is 38.1. The molecule has 0 unspecified atom stereocenters. The molecule has 1 saturated heterocycles. The zero-order valence-corrected chi connectivity index (χ0v) is 14.2. The molecule has 0 radical (unpaired) electrons. The number of nitrogens with one attached hydrogen (secondary N) is 2. The monoisotopic (exact) mass is 349 g/mol. The highest BCUT2D eigenvalue weighted by molar-refractivity contribution is 6.33. The van der Waals surface area contributed by atoms with E-state index in [4.69, 9.17) is 11.6 Å². The van der Waals surface area contributed by atoms with E-state index in [1.165, 1.54) is 0 Å². The second kappa shape index (κ2) is 6.43. The van der Waals surface area contributed by atoms with Crippen LogP contribution in [0.25, 0.3) is 0 Å². The van der Waals surface area contributed by atoms with Gasteiger partial charge < -0.3 is 10.6 Å². The number of nitrogens with zero attached hydrogens (tertiary/aromatic N) is 1. The molecule has 1 spiro atoms. The predicted octanol–water partition coefficient (Wildman–Crippen LogP) is 2.78. The maximum absolute atomic E-state index is 12.7. The summed E-state index contributed by atoms with van der Waals surface area (Å²) in [6, 6.07) is 6.32. The highest BCUT2D eigenvalue weighted by Gasteiger charge is 2.52. The van der Waals surface area contributed by atoms with E-state index in [0.717, 1.165) is 17.7 Å². The van der Waals surface area contributed by atoms with Crippen LogP contribution in [0, 0.1) is 5.92 Å². The average molecular weight is 350 g/mol. The largest absolute Gasteiger partial charge is 0.325 e. The van der Waals surface area contributed by atoms with E-state index in [0.29, 0.717) is 29.5 Å². The predicted molar refractivity (Wildman–Crippen MR) is 90.7 cm³/mol. The highest BCUT2D eigenvalue weighted by Crippen LogP contribution is 2.36. The van der Waals surface area contributed by atoms with Crippen LogP contribution in [0.15, 0.2) is 24.3 Å². The van der Waals surface area contributed by atoms with Crippen LogP contribution >= 0.6 is 11.6 Å². The van der Waals surface area contributed by atoms with E-state index in [1.54, 1.807) is 24.3 Å². The van der Waals surface area contributed by atoms with Crippen molar-refractivity contribution < 1.29 is 14.4 Å². The van der Waals surface area contributed by atoms with E-state index in [9.17, 15) is 14.4 Å². The Labute approximate surface area is 145 Å². The van der Waals surface area contributed by atoms with Crippen LogP contribution < -0.4 is 10.6 Å². The van der Waals surface area contributed by atoms with Gasteiger partial charge in [0.15, 0.2) is 0 Å². The number of carbonyl (C=O) groups is 3. The van der Waals surface area contributed by atoms with Crippen molar-refractivity contribution >= 4 is 35.1 Å². The van der Waals surface area contributed by atoms with Crippen LogP contribution in [0.5, 0.6) is 0 Å². The molecule has 1 heterocycles. The second-order valence-corrected chi connectivity index (χ2v) is 7.02. The summed E-state index contributed by atoms with van der Waals surface area (Å²) >= 11 is 6.00. The molecular formula is C17H20ClN3O3. The highest BCUT2D eigenvalue weighted by atomic mass is 35.5. The first-order valence-corrected chi connectivity index (χ1v) is 8.47. The summed E-state index contributed by atoms with van der Waals surface area (Å²) in [6.45, 7) is 1.83. The molecule has 1 aromatic rings. The van der Waals surface area contributed by atoms with Crippen LogP contribution in [0.4, 0.5) is 10.5 Å². The van der Waals surface area contributed by atoms with Crippen molar-refractivity contribution in [1.29, 1.82) is 0 Å². The third-order valence-corrected chi connectivity index (χ3v) is 5.15. The van der Waals surface area contributed by atoms with Crippen molar-refractivity contribution in [3.8, 4) is 0 Å². The van der Waals surface area contributed by atoms with Crippen LogP contribution in [-0.4, -0.2) is 34.8 Å². The van der Waals surface area contributed by atoms with E-state index < -0.39 is 17.5 Å². The number of hydrogen-bond donors (Lipinski definition) is 2. The Morgan fingerprint density at radius 2 is 2.00 bits per heavy atom. The fourth-order valence-electron chi connectivity index (χ4n) is 3.31. The summed E-state index contributed by atoms with van der Waals surface area (Å²) < 4.78 is 0. The van der Waals surface area contributed by atoms with Crippen molar-refractivity contribution in [2.24, 2.45) is 5.92 Å². The van der Waals surface area contributed by atoms with Crippen LogP contribution in [-0.2, 0) is 9.59 Å². The summed E-state index contributed by atoms with van der Waals surface area (Å²) in [5.74, 6) is -0.195. The van der Waals surface area contributed by atoms with Crippen molar-refractivity contribution in [2.75, 3.05) is 11.9 Å². The lowest BCUT2D eigenvalue weighted by molar-refractivity contribution is -0.135. The number of urea groups is 1. The number of amides is 4. The quantitative estimate of drug-likeness (QED) is 0.823. The number of anilines is 1. The van der Waals surface area contributed by atoms with Crippen molar-refractivity contribution in [3.05, 3.63) is 29.3 Å². The molecule has 2 aliphatic rings. The van der Waals surface area contributed by atoms with Gasteiger partial charge in [-0.25, -0.2) is 4.79 Å². The number of carbonyl (C=O) groups excluding carboxylic acids is 3. The molecule has 2 fully saturated rings. The summed E-state index contributed by atoms with van der Waals surface area (Å²) in [5.41, 5.74) is -0.369. The van der Waals surface area contributed by atoms with Gasteiger partial charge in [-0.3, -0.25) is 14.5 Å². The van der Waals surface area contributed by atoms with Crippen molar-refractivity contribution in [1.82, 2.24) is 10.2 Å². The van der Waals surface area contributed by atoms with Gasteiger partial charge in [-0.15, -0.1) is 0 Å². The molecule has 0 atom stereocenters. The lowest BCUT2D eigenvalue weighted by Gasteiger charge is -2.33. The van der Waals surface area contributed by atoms with Gasteiger partial charge in [0.1, 0.15) is 12.1 Å². The van der Waals surface area contributed by atoms with E-state index in [1.807, 2.05) is 0 Å². The number of imide groups is 1. The zero-order valence-electron chi connectivity index (χ0n) is 13.5. The molecular weight excluding hydrogens is 330 g/mol. The Morgan fingerprint density at radius 3 is 2.67 bits per heavy atom. The van der Waals surface area contributed by atoms with Crippen LogP contribution in [0.2, 0.25) is 5.02 Å². The molecule has 7 heteroatoms. The Balaban J connectivity index is 1.67. The SMILES string of the molecule is CC1CCC2(CC1)NC(=O)N(CC(=O)Nc1ccccc1Cl)C2=O. The molecule has 128 valence electrons. The molecule has 3 rings (SSSR count). The molecule has 0 aromatic heterocycles. The van der Waals surface area contributed by atoms with E-state index in [-0.39, 0.29) is 12.5 Å². The normalized spacial score (nSPS) is 26.6. The van der Waals surface area contributed by atoms with Gasteiger partial charge in [0.05, 0.1) is 10.7 Å². The third kappa shape index (κ3) is 3.11. The lowest BCUT2D eigenvalue weighted by atomic mass is 9.77. The van der Waals surface area contributed by atoms with Crippen LogP contribution in [0.1, 0.15) is 32.6 Å². The van der Waals surface area contributed by atoms with Gasteiger partial charge >= 0.3 is 6.03 Å². The van der Waals surface area contributed by atoms with Crippen molar-refractivity contribution in [2.45, 2.75) is 38.1 Å². The maximum atomic E-state index is 12.7. The minimum Gasteiger partial charge on any atom is -0.323 e.